The summed E-state index contributed by atoms with van der Waals surface area (Å²) in [6, 6.07) is 4.84. The van der Waals surface area contributed by atoms with E-state index >= 15 is 22.0 Å². The summed E-state index contributed by atoms with van der Waals surface area (Å²) in [5.41, 5.74) is -2.43. The normalized spacial score (nSPS) is 25.8. The van der Waals surface area contributed by atoms with Crippen molar-refractivity contribution in [3.8, 4) is 16.9 Å². The molecule has 0 amide bonds. The van der Waals surface area contributed by atoms with Gasteiger partial charge in [0.25, 0.3) is 0 Å². The van der Waals surface area contributed by atoms with Crippen LogP contribution < -0.4 is 4.74 Å². The topological polar surface area (TPSA) is 18.5 Å². The highest BCUT2D eigenvalue weighted by atomic mass is 19.3. The maximum absolute atomic E-state index is 15.8. The van der Waals surface area contributed by atoms with Crippen LogP contribution in [0.5, 0.6) is 5.75 Å². The lowest BCUT2D eigenvalue weighted by atomic mass is 9.73. The number of alkyl halides is 4. The van der Waals surface area contributed by atoms with Gasteiger partial charge in [-0.25, -0.2) is 8.78 Å². The zero-order chi connectivity index (χ0) is 27.2. The van der Waals surface area contributed by atoms with Gasteiger partial charge in [0.1, 0.15) is 5.82 Å². The Morgan fingerprint density at radius 1 is 0.842 bits per heavy atom. The van der Waals surface area contributed by atoms with E-state index in [-0.39, 0.29) is 30.1 Å². The molecule has 5 rings (SSSR count). The molecule has 2 aromatic rings. The first-order valence-corrected chi connectivity index (χ1v) is 13.5. The van der Waals surface area contributed by atoms with Crippen LogP contribution in [0.15, 0.2) is 35.9 Å². The summed E-state index contributed by atoms with van der Waals surface area (Å²) in [5, 5.41) is 0. The van der Waals surface area contributed by atoms with E-state index in [9.17, 15) is 4.39 Å². The molecule has 0 bridgehead atoms. The zero-order valence-corrected chi connectivity index (χ0v) is 21.6. The third kappa shape index (κ3) is 4.33. The average Bonchev–Trinajstić information content (AvgIpc) is 2.89. The first-order chi connectivity index (χ1) is 18.1. The molecule has 0 saturated heterocycles. The summed E-state index contributed by atoms with van der Waals surface area (Å²) in [7, 11) is 0. The van der Waals surface area contributed by atoms with Crippen molar-refractivity contribution in [2.75, 3.05) is 13.2 Å². The maximum Gasteiger partial charge on any atom is 0.343 e. The van der Waals surface area contributed by atoms with Gasteiger partial charge in [0.05, 0.1) is 30.4 Å². The molecule has 206 valence electrons. The number of hydrogen-bond acceptors (Lipinski definition) is 2. The Morgan fingerprint density at radius 3 is 2.03 bits per heavy atom. The molecule has 1 atom stereocenters. The lowest BCUT2D eigenvalue weighted by Gasteiger charge is -2.37. The zero-order valence-electron chi connectivity index (χ0n) is 21.6. The minimum absolute atomic E-state index is 0.0180. The molecule has 1 saturated carbocycles. The number of fused-ring (bicyclic) bond motifs is 3. The highest BCUT2D eigenvalue weighted by Gasteiger charge is 2.65. The fourth-order valence-electron chi connectivity index (χ4n) is 6.31. The van der Waals surface area contributed by atoms with Crippen molar-refractivity contribution in [3.63, 3.8) is 0 Å². The standard InChI is InChI=1S/C30H32F6O2/c1-3-5-20-11-10-19(16-38-20)17-6-8-18(9-7-17)21-12-13-22-23-14-15-24(37-4-2)28(32)26(23)30(35,36)29(33,34)25(22)27(21)31/h10,12-15,17-18,20H,3-9,11,16H2,1-2H3. The average molecular weight is 539 g/mol. The largest absolute Gasteiger partial charge is 0.491 e. The van der Waals surface area contributed by atoms with Crippen molar-refractivity contribution in [1.82, 2.24) is 0 Å². The van der Waals surface area contributed by atoms with E-state index in [1.165, 1.54) is 24.6 Å². The molecule has 1 aliphatic heterocycles. The monoisotopic (exact) mass is 538 g/mol. The highest BCUT2D eigenvalue weighted by Crippen LogP contribution is 2.60. The SMILES string of the molecule is CCCC1CC=C(C2CCC(c3ccc4c(c3F)C(F)(F)C(F)(F)c3c-4ccc(OCC)c3F)CC2)CO1. The summed E-state index contributed by atoms with van der Waals surface area (Å²) in [5.74, 6) is -13.4. The second kappa shape index (κ2) is 10.2. The molecule has 2 aliphatic carbocycles. The fourth-order valence-corrected chi connectivity index (χ4v) is 6.31. The Labute approximate surface area is 219 Å². The van der Waals surface area contributed by atoms with Crippen LogP contribution in [0.25, 0.3) is 11.1 Å². The van der Waals surface area contributed by atoms with Gasteiger partial charge in [-0.3, -0.25) is 0 Å². The van der Waals surface area contributed by atoms with Crippen LogP contribution in [0.2, 0.25) is 0 Å². The molecule has 0 radical (unpaired) electrons. The van der Waals surface area contributed by atoms with Gasteiger partial charge in [0, 0.05) is 0 Å². The Balaban J connectivity index is 1.44. The van der Waals surface area contributed by atoms with Crippen molar-refractivity contribution in [2.24, 2.45) is 5.92 Å². The Hall–Kier alpha value is -2.48. The van der Waals surface area contributed by atoms with Gasteiger partial charge in [-0.1, -0.05) is 31.6 Å². The number of hydrogen-bond donors (Lipinski definition) is 0. The van der Waals surface area contributed by atoms with Crippen LogP contribution in [-0.4, -0.2) is 19.3 Å². The Kier molecular flexibility index (Phi) is 7.31. The van der Waals surface area contributed by atoms with Crippen molar-refractivity contribution in [1.29, 1.82) is 0 Å². The molecule has 1 fully saturated rings. The predicted molar refractivity (Wildman–Crippen MR) is 133 cm³/mol. The molecule has 2 aromatic carbocycles. The number of benzene rings is 2. The number of halogens is 6. The lowest BCUT2D eigenvalue weighted by molar-refractivity contribution is -0.228. The Bertz CT molecular complexity index is 1230. The summed E-state index contributed by atoms with van der Waals surface area (Å²) >= 11 is 0. The van der Waals surface area contributed by atoms with Gasteiger partial charge in [0.15, 0.2) is 11.6 Å². The second-order valence-electron chi connectivity index (χ2n) is 10.6. The first-order valence-electron chi connectivity index (χ1n) is 13.5. The van der Waals surface area contributed by atoms with E-state index in [2.05, 4.69) is 13.0 Å². The summed E-state index contributed by atoms with van der Waals surface area (Å²) in [6.07, 6.45) is 8.04. The fraction of sp³-hybridized carbons (Fsp3) is 0.533. The molecule has 0 N–H and O–H groups in total. The van der Waals surface area contributed by atoms with Crippen molar-refractivity contribution >= 4 is 0 Å². The van der Waals surface area contributed by atoms with Gasteiger partial charge in [-0.05, 0) is 91.7 Å². The van der Waals surface area contributed by atoms with Crippen molar-refractivity contribution in [3.05, 3.63) is 64.2 Å². The molecule has 0 aromatic heterocycles. The van der Waals surface area contributed by atoms with Gasteiger partial charge in [-0.15, -0.1) is 0 Å². The summed E-state index contributed by atoms with van der Waals surface area (Å²) in [4.78, 5) is 0. The smallest absolute Gasteiger partial charge is 0.343 e. The molecule has 2 nitrogen and oxygen atoms in total. The molecule has 0 spiro atoms. The Morgan fingerprint density at radius 2 is 1.45 bits per heavy atom. The molecule has 38 heavy (non-hydrogen) atoms. The van der Waals surface area contributed by atoms with Crippen molar-refractivity contribution < 1.29 is 35.8 Å². The van der Waals surface area contributed by atoms with E-state index < -0.39 is 51.5 Å². The van der Waals surface area contributed by atoms with E-state index in [1.807, 2.05) is 0 Å². The molecular weight excluding hydrogens is 506 g/mol. The first kappa shape index (κ1) is 27.1. The van der Waals surface area contributed by atoms with E-state index in [1.54, 1.807) is 0 Å². The third-order valence-corrected chi connectivity index (χ3v) is 8.32. The molecule has 3 aliphatic rings. The van der Waals surface area contributed by atoms with Gasteiger partial charge in [0.2, 0.25) is 0 Å². The van der Waals surface area contributed by atoms with Crippen LogP contribution in [0.4, 0.5) is 26.3 Å². The molecular formula is C30H32F6O2. The van der Waals surface area contributed by atoms with Crippen LogP contribution >= 0.6 is 0 Å². The molecule has 8 heteroatoms. The quantitative estimate of drug-likeness (QED) is 0.270. The van der Waals surface area contributed by atoms with Gasteiger partial charge < -0.3 is 9.47 Å². The maximum atomic E-state index is 15.8. The van der Waals surface area contributed by atoms with Crippen molar-refractivity contribution in [2.45, 2.75) is 82.7 Å². The predicted octanol–water partition coefficient (Wildman–Crippen LogP) is 9.02. The number of rotatable bonds is 6. The molecule has 1 unspecified atom stereocenters. The third-order valence-electron chi connectivity index (χ3n) is 8.32. The molecule has 1 heterocycles. The van der Waals surface area contributed by atoms with E-state index in [0.29, 0.717) is 19.4 Å². The van der Waals surface area contributed by atoms with E-state index in [0.717, 1.165) is 44.2 Å². The van der Waals surface area contributed by atoms with Gasteiger partial charge >= 0.3 is 11.8 Å². The van der Waals surface area contributed by atoms with Crippen LogP contribution in [-0.2, 0) is 16.6 Å². The minimum atomic E-state index is -4.95. The minimum Gasteiger partial charge on any atom is -0.491 e. The van der Waals surface area contributed by atoms with Gasteiger partial charge in [-0.2, -0.15) is 17.6 Å². The second-order valence-corrected chi connectivity index (χ2v) is 10.6. The van der Waals surface area contributed by atoms with Crippen LogP contribution in [0.3, 0.4) is 0 Å². The summed E-state index contributed by atoms with van der Waals surface area (Å²) < 4.78 is 103. The highest BCUT2D eigenvalue weighted by molar-refractivity contribution is 5.77. The van der Waals surface area contributed by atoms with E-state index in [4.69, 9.17) is 9.47 Å². The lowest BCUT2D eigenvalue weighted by Crippen LogP contribution is -2.41. The number of ether oxygens (including phenoxy) is 2. The van der Waals surface area contributed by atoms with Crippen LogP contribution in [0, 0.1) is 17.6 Å². The van der Waals surface area contributed by atoms with Crippen LogP contribution in [0.1, 0.15) is 81.4 Å². The summed E-state index contributed by atoms with van der Waals surface area (Å²) in [6.45, 7) is 4.19.